The molecule has 150 valence electrons. The minimum atomic E-state index is -0.359. The summed E-state index contributed by atoms with van der Waals surface area (Å²) in [6.07, 6.45) is 0. The molecule has 27 heavy (non-hydrogen) atoms. The third kappa shape index (κ3) is 5.92. The molecule has 2 rings (SSSR count). The minimum absolute atomic E-state index is 0. The van der Waals surface area contributed by atoms with E-state index in [0.717, 1.165) is 29.5 Å². The van der Waals surface area contributed by atoms with Crippen molar-refractivity contribution in [2.75, 3.05) is 13.1 Å². The summed E-state index contributed by atoms with van der Waals surface area (Å²) in [5, 5.41) is 11.0. The lowest BCUT2D eigenvalue weighted by Gasteiger charge is -2.27. The molecule has 0 saturated carbocycles. The van der Waals surface area contributed by atoms with Crippen molar-refractivity contribution < 1.29 is 4.39 Å². The zero-order valence-electron chi connectivity index (χ0n) is 17.1. The Morgan fingerprint density at radius 3 is 2.44 bits per heavy atom. The Hall–Kier alpha value is -1.64. The maximum Gasteiger partial charge on any atom is 0.191 e. The summed E-state index contributed by atoms with van der Waals surface area (Å²) in [5.41, 5.74) is 3.59. The Morgan fingerprint density at radius 2 is 1.89 bits per heavy atom. The highest BCUT2D eigenvalue weighted by molar-refractivity contribution is 14.0. The van der Waals surface area contributed by atoms with Crippen molar-refractivity contribution in [3.05, 3.63) is 52.6 Å². The zero-order chi connectivity index (χ0) is 19.3. The van der Waals surface area contributed by atoms with Gasteiger partial charge in [-0.15, -0.1) is 24.0 Å². The Kier molecular flexibility index (Phi) is 8.71. The van der Waals surface area contributed by atoms with Gasteiger partial charge in [0.05, 0.1) is 12.2 Å². The monoisotopic (exact) mass is 487 g/mol. The third-order valence-electron chi connectivity index (χ3n) is 4.70. The summed E-state index contributed by atoms with van der Waals surface area (Å²) in [4.78, 5) is 4.69. The van der Waals surface area contributed by atoms with Gasteiger partial charge in [-0.2, -0.15) is 5.10 Å². The van der Waals surface area contributed by atoms with Gasteiger partial charge in [-0.1, -0.05) is 32.0 Å². The summed E-state index contributed by atoms with van der Waals surface area (Å²) in [6, 6.07) is 6.92. The van der Waals surface area contributed by atoms with Crippen LogP contribution in [0.1, 0.15) is 43.3 Å². The van der Waals surface area contributed by atoms with Crippen LogP contribution in [0.3, 0.4) is 0 Å². The molecule has 0 amide bonds. The molecule has 2 N–H and O–H groups in total. The van der Waals surface area contributed by atoms with Gasteiger partial charge in [0.2, 0.25) is 0 Å². The Balaban J connectivity index is 0.00000364. The van der Waals surface area contributed by atoms with E-state index in [1.54, 1.807) is 6.07 Å². The van der Waals surface area contributed by atoms with E-state index < -0.39 is 0 Å². The average Bonchev–Trinajstić information content (AvgIpc) is 2.83. The van der Waals surface area contributed by atoms with E-state index in [0.29, 0.717) is 18.7 Å². The lowest BCUT2D eigenvalue weighted by atomic mass is 9.84. The molecule has 0 aliphatic rings. The first-order chi connectivity index (χ1) is 12.3. The highest BCUT2D eigenvalue weighted by atomic mass is 127. The molecular weight excluding hydrogens is 456 g/mol. The number of rotatable bonds is 6. The van der Waals surface area contributed by atoms with E-state index in [2.05, 4.69) is 20.7 Å². The van der Waals surface area contributed by atoms with Crippen molar-refractivity contribution in [3.8, 4) is 0 Å². The third-order valence-corrected chi connectivity index (χ3v) is 4.70. The molecule has 1 heterocycles. The predicted octanol–water partition coefficient (Wildman–Crippen LogP) is 3.83. The van der Waals surface area contributed by atoms with E-state index in [-0.39, 0.29) is 35.2 Å². The van der Waals surface area contributed by atoms with Gasteiger partial charge < -0.3 is 10.6 Å². The Labute approximate surface area is 178 Å². The SMILES string of the molecule is CCNC(=NCc1c(C)nn(C)c1C)NCC(C)(C)c1ccccc1F.I. The molecule has 0 bridgehead atoms. The van der Waals surface area contributed by atoms with Crippen molar-refractivity contribution in [1.29, 1.82) is 0 Å². The predicted molar refractivity (Wildman–Crippen MR) is 120 cm³/mol. The van der Waals surface area contributed by atoms with Crippen LogP contribution in [0.25, 0.3) is 0 Å². The lowest BCUT2D eigenvalue weighted by Crippen LogP contribution is -2.43. The molecule has 1 aromatic heterocycles. The van der Waals surface area contributed by atoms with Gasteiger partial charge in [0.15, 0.2) is 5.96 Å². The van der Waals surface area contributed by atoms with Crippen molar-refractivity contribution in [3.63, 3.8) is 0 Å². The molecule has 0 unspecified atom stereocenters. The van der Waals surface area contributed by atoms with Crippen molar-refractivity contribution >= 4 is 29.9 Å². The highest BCUT2D eigenvalue weighted by Gasteiger charge is 2.24. The van der Waals surface area contributed by atoms with Crippen molar-refractivity contribution in [1.82, 2.24) is 20.4 Å². The van der Waals surface area contributed by atoms with Crippen LogP contribution in [0.15, 0.2) is 29.3 Å². The Bertz CT molecular complexity index is 783. The van der Waals surface area contributed by atoms with Gasteiger partial charge in [-0.05, 0) is 32.4 Å². The minimum Gasteiger partial charge on any atom is -0.357 e. The number of halogens is 2. The van der Waals surface area contributed by atoms with E-state index in [1.165, 1.54) is 6.07 Å². The quantitative estimate of drug-likeness (QED) is 0.370. The zero-order valence-corrected chi connectivity index (χ0v) is 19.4. The van der Waals surface area contributed by atoms with Crippen LogP contribution in [0, 0.1) is 19.7 Å². The number of hydrogen-bond donors (Lipinski definition) is 2. The smallest absolute Gasteiger partial charge is 0.191 e. The molecule has 2 aromatic rings. The summed E-state index contributed by atoms with van der Waals surface area (Å²) < 4.78 is 16.0. The summed E-state index contributed by atoms with van der Waals surface area (Å²) >= 11 is 0. The van der Waals surface area contributed by atoms with Crippen LogP contribution < -0.4 is 10.6 Å². The van der Waals surface area contributed by atoms with E-state index in [1.807, 2.05) is 58.5 Å². The molecule has 0 saturated heterocycles. The topological polar surface area (TPSA) is 54.2 Å². The fourth-order valence-corrected chi connectivity index (χ4v) is 2.96. The molecule has 0 atom stereocenters. The number of aryl methyl sites for hydroxylation is 2. The molecule has 0 radical (unpaired) electrons. The van der Waals surface area contributed by atoms with Crippen LogP contribution in [-0.2, 0) is 19.0 Å². The number of aromatic nitrogens is 2. The van der Waals surface area contributed by atoms with Crippen LogP contribution in [0.4, 0.5) is 4.39 Å². The summed E-state index contributed by atoms with van der Waals surface area (Å²) in [6.45, 7) is 12.0. The van der Waals surface area contributed by atoms with Crippen molar-refractivity contribution in [2.24, 2.45) is 12.0 Å². The molecule has 0 spiro atoms. The Morgan fingerprint density at radius 1 is 1.22 bits per heavy atom. The first-order valence-electron chi connectivity index (χ1n) is 9.02. The van der Waals surface area contributed by atoms with Crippen LogP contribution in [-0.4, -0.2) is 28.8 Å². The van der Waals surface area contributed by atoms with Crippen LogP contribution >= 0.6 is 24.0 Å². The molecule has 7 heteroatoms. The van der Waals surface area contributed by atoms with Gasteiger partial charge >= 0.3 is 0 Å². The number of aliphatic imine (C=N–C) groups is 1. The number of nitrogens with zero attached hydrogens (tertiary/aromatic N) is 3. The standard InChI is InChI=1S/C20H30FN5.HI/c1-7-22-19(23-12-16-14(2)25-26(6)15(16)3)24-13-20(4,5)17-10-8-9-11-18(17)21;/h8-11H,7,12-13H2,1-6H3,(H2,22,23,24);1H. The lowest BCUT2D eigenvalue weighted by molar-refractivity contribution is 0.473. The van der Waals surface area contributed by atoms with Crippen LogP contribution in [0.2, 0.25) is 0 Å². The maximum absolute atomic E-state index is 14.1. The molecule has 0 fully saturated rings. The average molecular weight is 487 g/mol. The number of benzene rings is 1. The van der Waals surface area contributed by atoms with Crippen molar-refractivity contribution in [2.45, 2.75) is 46.6 Å². The molecule has 1 aromatic carbocycles. The van der Waals surface area contributed by atoms with E-state index >= 15 is 0 Å². The fourth-order valence-electron chi connectivity index (χ4n) is 2.96. The van der Waals surface area contributed by atoms with Gasteiger partial charge in [-0.3, -0.25) is 4.68 Å². The number of nitrogens with one attached hydrogen (secondary N) is 2. The molecule has 0 aliphatic carbocycles. The highest BCUT2D eigenvalue weighted by Crippen LogP contribution is 2.24. The molecule has 0 aliphatic heterocycles. The maximum atomic E-state index is 14.1. The molecular formula is C20H31FIN5. The largest absolute Gasteiger partial charge is 0.357 e. The molecule has 5 nitrogen and oxygen atoms in total. The number of hydrogen-bond acceptors (Lipinski definition) is 2. The van der Waals surface area contributed by atoms with Gasteiger partial charge in [-0.25, -0.2) is 9.38 Å². The van der Waals surface area contributed by atoms with E-state index in [4.69, 9.17) is 0 Å². The number of guanidine groups is 1. The normalized spacial score (nSPS) is 11.9. The summed E-state index contributed by atoms with van der Waals surface area (Å²) in [5.74, 6) is 0.544. The second-order valence-electron chi connectivity index (χ2n) is 7.19. The summed E-state index contributed by atoms with van der Waals surface area (Å²) in [7, 11) is 1.94. The van der Waals surface area contributed by atoms with Gasteiger partial charge in [0.25, 0.3) is 0 Å². The van der Waals surface area contributed by atoms with Gasteiger partial charge in [0.1, 0.15) is 5.82 Å². The first kappa shape index (κ1) is 23.4. The first-order valence-corrected chi connectivity index (χ1v) is 9.02. The fraction of sp³-hybridized carbons (Fsp3) is 0.500. The second kappa shape index (κ2) is 10.1. The second-order valence-corrected chi connectivity index (χ2v) is 7.19. The van der Waals surface area contributed by atoms with Crippen LogP contribution in [0.5, 0.6) is 0 Å². The van der Waals surface area contributed by atoms with Gasteiger partial charge in [0, 0.05) is 36.8 Å². The van der Waals surface area contributed by atoms with E-state index in [9.17, 15) is 4.39 Å².